The van der Waals surface area contributed by atoms with Gasteiger partial charge in [0.15, 0.2) is 6.61 Å². The summed E-state index contributed by atoms with van der Waals surface area (Å²) >= 11 is 0. The second-order valence-corrected chi connectivity index (χ2v) is 8.83. The molecule has 0 aliphatic rings. The zero-order chi connectivity index (χ0) is 18.4. The molecule has 0 aliphatic carbocycles. The average Bonchev–Trinajstić information content (AvgIpc) is 2.42. The fourth-order valence-corrected chi connectivity index (χ4v) is 3.30. The van der Waals surface area contributed by atoms with Crippen LogP contribution in [-0.2, 0) is 14.8 Å². The van der Waals surface area contributed by atoms with Crippen LogP contribution in [0.3, 0.4) is 0 Å². The van der Waals surface area contributed by atoms with Crippen LogP contribution in [0, 0.1) is 5.92 Å². The predicted molar refractivity (Wildman–Crippen MR) is 94.5 cm³/mol. The van der Waals surface area contributed by atoms with Crippen molar-refractivity contribution in [3.05, 3.63) is 24.3 Å². The summed E-state index contributed by atoms with van der Waals surface area (Å²) in [7, 11) is -3.57. The van der Waals surface area contributed by atoms with Gasteiger partial charge in [-0.15, -0.1) is 0 Å². The largest absolute Gasteiger partial charge is 0.484 e. The summed E-state index contributed by atoms with van der Waals surface area (Å²) in [5.74, 6) is 0.785. The van der Waals surface area contributed by atoms with E-state index in [1.165, 1.54) is 12.1 Å². The molecular formula is C17H28N2O4S. The molecule has 136 valence electrons. The Bertz CT molecular complexity index is 632. The third-order valence-electron chi connectivity index (χ3n) is 2.99. The van der Waals surface area contributed by atoms with Gasteiger partial charge in [-0.05, 0) is 57.4 Å². The summed E-state index contributed by atoms with van der Waals surface area (Å²) in [5.41, 5.74) is -0.553. The van der Waals surface area contributed by atoms with Crippen molar-refractivity contribution in [1.29, 1.82) is 0 Å². The molecule has 7 heteroatoms. The van der Waals surface area contributed by atoms with E-state index in [4.69, 9.17) is 4.74 Å². The van der Waals surface area contributed by atoms with Crippen molar-refractivity contribution >= 4 is 15.9 Å². The predicted octanol–water partition coefficient (Wildman–Crippen LogP) is 2.30. The van der Waals surface area contributed by atoms with E-state index in [0.29, 0.717) is 18.2 Å². The zero-order valence-electron chi connectivity index (χ0n) is 15.0. The van der Waals surface area contributed by atoms with E-state index in [9.17, 15) is 13.2 Å². The van der Waals surface area contributed by atoms with Gasteiger partial charge in [-0.2, -0.15) is 0 Å². The smallest absolute Gasteiger partial charge is 0.257 e. The molecule has 0 aliphatic heterocycles. The first kappa shape index (κ1) is 20.4. The van der Waals surface area contributed by atoms with Crippen LogP contribution in [0.1, 0.15) is 41.0 Å². The minimum absolute atomic E-state index is 0.0928. The molecule has 1 rings (SSSR count). The standard InChI is InChI=1S/C17H28N2O4S/c1-13(2)10-11-18-16(20)12-23-14-6-8-15(9-7-14)24(21,22)19-17(3,4)5/h6-9,13,19H,10-12H2,1-5H3,(H,18,20). The number of sulfonamides is 1. The van der Waals surface area contributed by atoms with Crippen LogP contribution in [-0.4, -0.2) is 33.0 Å². The molecule has 1 amide bonds. The number of nitrogens with one attached hydrogen (secondary N) is 2. The van der Waals surface area contributed by atoms with Gasteiger partial charge < -0.3 is 10.1 Å². The SMILES string of the molecule is CC(C)CCNC(=O)COc1ccc(S(=O)(=O)NC(C)(C)C)cc1. The molecule has 0 saturated carbocycles. The van der Waals surface area contributed by atoms with Crippen molar-refractivity contribution in [3.63, 3.8) is 0 Å². The van der Waals surface area contributed by atoms with Crippen molar-refractivity contribution in [1.82, 2.24) is 10.0 Å². The fourth-order valence-electron chi connectivity index (χ4n) is 1.88. The first-order chi connectivity index (χ1) is 11.0. The molecular weight excluding hydrogens is 328 g/mol. The number of hydrogen-bond acceptors (Lipinski definition) is 4. The zero-order valence-corrected chi connectivity index (χ0v) is 15.9. The Morgan fingerprint density at radius 1 is 1.17 bits per heavy atom. The van der Waals surface area contributed by atoms with E-state index in [2.05, 4.69) is 23.9 Å². The van der Waals surface area contributed by atoms with Crippen LogP contribution in [0.25, 0.3) is 0 Å². The first-order valence-electron chi connectivity index (χ1n) is 8.03. The van der Waals surface area contributed by atoms with Gasteiger partial charge in [-0.1, -0.05) is 13.8 Å². The number of benzene rings is 1. The number of carbonyl (C=O) groups excluding carboxylic acids is 1. The minimum Gasteiger partial charge on any atom is -0.484 e. The van der Waals surface area contributed by atoms with Gasteiger partial charge in [0.05, 0.1) is 4.90 Å². The maximum atomic E-state index is 12.2. The third-order valence-corrected chi connectivity index (χ3v) is 4.76. The van der Waals surface area contributed by atoms with Gasteiger partial charge in [0.2, 0.25) is 10.0 Å². The van der Waals surface area contributed by atoms with E-state index in [1.54, 1.807) is 32.9 Å². The molecule has 0 saturated heterocycles. The highest BCUT2D eigenvalue weighted by molar-refractivity contribution is 7.89. The number of ether oxygens (including phenoxy) is 1. The Hall–Kier alpha value is -1.60. The molecule has 6 nitrogen and oxygen atoms in total. The maximum Gasteiger partial charge on any atom is 0.257 e. The molecule has 0 atom stereocenters. The molecule has 0 spiro atoms. The van der Waals surface area contributed by atoms with Crippen LogP contribution in [0.5, 0.6) is 5.75 Å². The lowest BCUT2D eigenvalue weighted by molar-refractivity contribution is -0.123. The molecule has 0 unspecified atom stereocenters. The summed E-state index contributed by atoms with van der Waals surface area (Å²) in [4.78, 5) is 11.8. The number of hydrogen-bond donors (Lipinski definition) is 2. The Morgan fingerprint density at radius 2 is 1.75 bits per heavy atom. The average molecular weight is 356 g/mol. The quantitative estimate of drug-likeness (QED) is 0.748. The van der Waals surface area contributed by atoms with Crippen LogP contribution < -0.4 is 14.8 Å². The molecule has 1 aromatic carbocycles. The van der Waals surface area contributed by atoms with Crippen molar-refractivity contribution < 1.29 is 17.9 Å². The van der Waals surface area contributed by atoms with Crippen molar-refractivity contribution in [3.8, 4) is 5.75 Å². The normalized spacial score (nSPS) is 12.2. The Balaban J connectivity index is 2.55. The summed E-state index contributed by atoms with van der Waals surface area (Å²) in [6.45, 7) is 10.0. The third kappa shape index (κ3) is 7.79. The van der Waals surface area contributed by atoms with Crippen LogP contribution in [0.4, 0.5) is 0 Å². The lowest BCUT2D eigenvalue weighted by Gasteiger charge is -2.20. The molecule has 0 fully saturated rings. The molecule has 0 aromatic heterocycles. The second kappa shape index (κ2) is 8.48. The molecule has 0 heterocycles. The van der Waals surface area contributed by atoms with Gasteiger partial charge in [-0.25, -0.2) is 13.1 Å². The summed E-state index contributed by atoms with van der Waals surface area (Å²) in [5, 5.41) is 2.78. The molecule has 1 aromatic rings. The summed E-state index contributed by atoms with van der Waals surface area (Å²) in [6, 6.07) is 6.00. The molecule has 2 N–H and O–H groups in total. The van der Waals surface area contributed by atoms with E-state index < -0.39 is 15.6 Å². The minimum atomic E-state index is -3.57. The van der Waals surface area contributed by atoms with Crippen LogP contribution in [0.2, 0.25) is 0 Å². The van der Waals surface area contributed by atoms with E-state index in [1.807, 2.05) is 0 Å². The Labute approximate surface area is 145 Å². The van der Waals surface area contributed by atoms with E-state index in [-0.39, 0.29) is 17.4 Å². The Morgan fingerprint density at radius 3 is 2.25 bits per heavy atom. The monoisotopic (exact) mass is 356 g/mol. The number of carbonyl (C=O) groups is 1. The highest BCUT2D eigenvalue weighted by Gasteiger charge is 2.21. The lowest BCUT2D eigenvalue weighted by atomic mass is 10.1. The van der Waals surface area contributed by atoms with Gasteiger partial charge in [0.25, 0.3) is 5.91 Å². The molecule has 0 bridgehead atoms. The van der Waals surface area contributed by atoms with E-state index >= 15 is 0 Å². The van der Waals surface area contributed by atoms with Gasteiger partial charge in [0.1, 0.15) is 5.75 Å². The topological polar surface area (TPSA) is 84.5 Å². The van der Waals surface area contributed by atoms with Crippen molar-refractivity contribution in [2.24, 2.45) is 5.92 Å². The Kier molecular flexibility index (Phi) is 7.23. The fraction of sp³-hybridized carbons (Fsp3) is 0.588. The molecule has 0 radical (unpaired) electrons. The number of rotatable bonds is 8. The second-order valence-electron chi connectivity index (χ2n) is 7.15. The van der Waals surface area contributed by atoms with Crippen molar-refractivity contribution in [2.45, 2.75) is 51.5 Å². The summed E-state index contributed by atoms with van der Waals surface area (Å²) in [6.07, 6.45) is 0.916. The van der Waals surface area contributed by atoms with Gasteiger partial charge >= 0.3 is 0 Å². The van der Waals surface area contributed by atoms with E-state index in [0.717, 1.165) is 6.42 Å². The van der Waals surface area contributed by atoms with Gasteiger partial charge in [0, 0.05) is 12.1 Å². The number of amides is 1. The maximum absolute atomic E-state index is 12.2. The van der Waals surface area contributed by atoms with Crippen LogP contribution >= 0.6 is 0 Å². The highest BCUT2D eigenvalue weighted by Crippen LogP contribution is 2.17. The van der Waals surface area contributed by atoms with Crippen molar-refractivity contribution in [2.75, 3.05) is 13.2 Å². The highest BCUT2D eigenvalue weighted by atomic mass is 32.2. The molecule has 24 heavy (non-hydrogen) atoms. The van der Waals surface area contributed by atoms with Gasteiger partial charge in [-0.3, -0.25) is 4.79 Å². The van der Waals surface area contributed by atoms with Crippen LogP contribution in [0.15, 0.2) is 29.2 Å². The first-order valence-corrected chi connectivity index (χ1v) is 9.51. The summed E-state index contributed by atoms with van der Waals surface area (Å²) < 4.78 is 32.3. The lowest BCUT2D eigenvalue weighted by Crippen LogP contribution is -2.40.